The lowest BCUT2D eigenvalue weighted by atomic mass is 10.5. The van der Waals surface area contributed by atoms with Crippen molar-refractivity contribution in [2.24, 2.45) is 4.99 Å². The molecular weight excluding hydrogens is 124 g/mol. The van der Waals surface area contributed by atoms with Gasteiger partial charge in [-0.15, -0.1) is 0 Å². The summed E-state index contributed by atoms with van der Waals surface area (Å²) in [4.78, 5) is 3.98. The fourth-order valence-corrected chi connectivity index (χ4v) is 0.514. The van der Waals surface area contributed by atoms with Gasteiger partial charge in [0, 0.05) is 7.05 Å². The molecule has 0 unspecified atom stereocenters. The van der Waals surface area contributed by atoms with E-state index in [1.165, 1.54) is 0 Å². The number of amidine groups is 1. The van der Waals surface area contributed by atoms with Crippen molar-refractivity contribution in [2.45, 2.75) is 13.8 Å². The summed E-state index contributed by atoms with van der Waals surface area (Å²) in [6, 6.07) is 0. The highest BCUT2D eigenvalue weighted by Gasteiger charge is 1.82. The van der Waals surface area contributed by atoms with E-state index in [0.717, 1.165) is 5.84 Å². The summed E-state index contributed by atoms with van der Waals surface area (Å²) in [5, 5.41) is 3.00. The molecule has 0 heterocycles. The molecular formula is C8H14N2. The minimum atomic E-state index is 0.876. The van der Waals surface area contributed by atoms with Gasteiger partial charge in [-0.1, -0.05) is 12.2 Å². The molecule has 0 aromatic heterocycles. The summed E-state index contributed by atoms with van der Waals surface area (Å²) >= 11 is 0. The van der Waals surface area contributed by atoms with Gasteiger partial charge in [0.15, 0.2) is 0 Å². The highest BCUT2D eigenvalue weighted by molar-refractivity contribution is 5.93. The van der Waals surface area contributed by atoms with E-state index in [1.54, 1.807) is 7.05 Å². The number of hydrogen-bond donors (Lipinski definition) is 1. The molecule has 0 spiro atoms. The summed E-state index contributed by atoms with van der Waals surface area (Å²) in [6.45, 7) is 3.92. The molecule has 10 heavy (non-hydrogen) atoms. The Morgan fingerprint density at radius 2 is 2.00 bits per heavy atom. The van der Waals surface area contributed by atoms with Gasteiger partial charge in [0.1, 0.15) is 5.84 Å². The van der Waals surface area contributed by atoms with E-state index in [4.69, 9.17) is 0 Å². The van der Waals surface area contributed by atoms with Crippen LogP contribution in [0.1, 0.15) is 13.8 Å². The van der Waals surface area contributed by atoms with Crippen molar-refractivity contribution in [2.75, 3.05) is 7.05 Å². The molecule has 1 N–H and O–H groups in total. The van der Waals surface area contributed by atoms with Crippen LogP contribution in [0.3, 0.4) is 0 Å². The number of aliphatic imine (C=N–C) groups is 1. The lowest BCUT2D eigenvalue weighted by Crippen LogP contribution is -2.13. The maximum atomic E-state index is 3.98. The number of nitrogens with one attached hydrogen (secondary N) is 1. The third-order valence-electron chi connectivity index (χ3n) is 0.963. The molecule has 56 valence electrons. The first-order chi connectivity index (χ1) is 4.85. The van der Waals surface area contributed by atoms with Gasteiger partial charge in [-0.2, -0.15) is 0 Å². The molecule has 0 fully saturated rings. The van der Waals surface area contributed by atoms with Crippen LogP contribution in [0, 0.1) is 0 Å². The largest absolute Gasteiger partial charge is 0.347 e. The molecule has 0 aromatic carbocycles. The lowest BCUT2D eigenvalue weighted by molar-refractivity contribution is 1.23. The quantitative estimate of drug-likeness (QED) is 0.456. The summed E-state index contributed by atoms with van der Waals surface area (Å²) < 4.78 is 0. The van der Waals surface area contributed by atoms with Crippen molar-refractivity contribution >= 4 is 5.84 Å². The molecule has 2 heteroatoms. The fourth-order valence-electron chi connectivity index (χ4n) is 0.514. The average Bonchev–Trinajstić information content (AvgIpc) is 1.98. The van der Waals surface area contributed by atoms with Crippen LogP contribution in [0.15, 0.2) is 29.4 Å². The van der Waals surface area contributed by atoms with Crippen molar-refractivity contribution < 1.29 is 0 Å². The molecule has 0 atom stereocenters. The third-order valence-corrected chi connectivity index (χ3v) is 0.963. The number of rotatable bonds is 2. The Hall–Kier alpha value is -1.05. The van der Waals surface area contributed by atoms with E-state index in [-0.39, 0.29) is 0 Å². The van der Waals surface area contributed by atoms with Crippen LogP contribution in [0.4, 0.5) is 0 Å². The standard InChI is InChI=1S/C8H14N2/c1-4-6-8(9-3)10-7-5-2/h4-7H,1-3H3,(H,9,10)/b6-4+,7-5-. The summed E-state index contributed by atoms with van der Waals surface area (Å²) in [5.74, 6) is 0.876. The van der Waals surface area contributed by atoms with E-state index in [2.05, 4.69) is 10.3 Å². The second-order valence-electron chi connectivity index (χ2n) is 1.75. The fraction of sp³-hybridized carbons (Fsp3) is 0.375. The van der Waals surface area contributed by atoms with Crippen LogP contribution in [0.2, 0.25) is 0 Å². The van der Waals surface area contributed by atoms with Gasteiger partial charge in [0.2, 0.25) is 0 Å². The monoisotopic (exact) mass is 138 g/mol. The molecule has 0 amide bonds. The van der Waals surface area contributed by atoms with Gasteiger partial charge in [-0.3, -0.25) is 4.99 Å². The molecule has 2 nitrogen and oxygen atoms in total. The Balaban J connectivity index is 3.85. The van der Waals surface area contributed by atoms with E-state index in [0.29, 0.717) is 0 Å². The van der Waals surface area contributed by atoms with Crippen molar-refractivity contribution in [3.05, 3.63) is 24.4 Å². The number of nitrogens with zero attached hydrogens (tertiary/aromatic N) is 1. The normalized spacial score (nSPS) is 13.3. The van der Waals surface area contributed by atoms with Crippen molar-refractivity contribution in [3.63, 3.8) is 0 Å². The maximum Gasteiger partial charge on any atom is 0.124 e. The van der Waals surface area contributed by atoms with Crippen molar-refractivity contribution in [1.29, 1.82) is 0 Å². The molecule has 0 rings (SSSR count). The Labute approximate surface area is 62.4 Å². The topological polar surface area (TPSA) is 24.4 Å². The second-order valence-corrected chi connectivity index (χ2v) is 1.75. The molecule has 0 aliphatic rings. The predicted octanol–water partition coefficient (Wildman–Crippen LogP) is 1.71. The van der Waals surface area contributed by atoms with Gasteiger partial charge in [-0.05, 0) is 26.1 Å². The molecule has 0 bridgehead atoms. The molecule has 0 saturated carbocycles. The van der Waals surface area contributed by atoms with Gasteiger partial charge in [-0.25, -0.2) is 0 Å². The Morgan fingerprint density at radius 3 is 2.40 bits per heavy atom. The molecule has 0 saturated heterocycles. The smallest absolute Gasteiger partial charge is 0.124 e. The Kier molecular flexibility index (Phi) is 5.44. The number of allylic oxidation sites excluding steroid dienone is 2. The first-order valence-electron chi connectivity index (χ1n) is 3.32. The van der Waals surface area contributed by atoms with Gasteiger partial charge >= 0.3 is 0 Å². The van der Waals surface area contributed by atoms with Crippen molar-refractivity contribution in [1.82, 2.24) is 5.32 Å². The number of hydrogen-bond acceptors (Lipinski definition) is 1. The minimum absolute atomic E-state index is 0.876. The molecule has 0 aliphatic carbocycles. The summed E-state index contributed by atoms with van der Waals surface area (Å²) in [6.07, 6.45) is 7.63. The molecule has 0 radical (unpaired) electrons. The highest BCUT2D eigenvalue weighted by atomic mass is 14.9. The average molecular weight is 138 g/mol. The zero-order valence-corrected chi connectivity index (χ0v) is 6.76. The van der Waals surface area contributed by atoms with Gasteiger partial charge in [0.25, 0.3) is 0 Å². The molecule has 0 aromatic rings. The van der Waals surface area contributed by atoms with Crippen LogP contribution in [0.25, 0.3) is 0 Å². The maximum absolute atomic E-state index is 3.98. The predicted molar refractivity (Wildman–Crippen MR) is 46.1 cm³/mol. The minimum Gasteiger partial charge on any atom is -0.347 e. The van der Waals surface area contributed by atoms with Gasteiger partial charge < -0.3 is 5.32 Å². The van der Waals surface area contributed by atoms with Crippen LogP contribution in [-0.2, 0) is 0 Å². The first kappa shape index (κ1) is 8.95. The van der Waals surface area contributed by atoms with E-state index < -0.39 is 0 Å². The Bertz CT molecular complexity index is 155. The van der Waals surface area contributed by atoms with E-state index in [9.17, 15) is 0 Å². The highest BCUT2D eigenvalue weighted by Crippen LogP contribution is 1.76. The van der Waals surface area contributed by atoms with Crippen molar-refractivity contribution in [3.8, 4) is 0 Å². The van der Waals surface area contributed by atoms with Crippen LogP contribution < -0.4 is 5.32 Å². The van der Waals surface area contributed by atoms with E-state index >= 15 is 0 Å². The summed E-state index contributed by atoms with van der Waals surface area (Å²) in [7, 11) is 1.76. The van der Waals surface area contributed by atoms with Crippen LogP contribution in [0.5, 0.6) is 0 Å². The van der Waals surface area contributed by atoms with Crippen LogP contribution >= 0.6 is 0 Å². The molecule has 0 aliphatic heterocycles. The lowest BCUT2D eigenvalue weighted by Gasteiger charge is -1.96. The SMILES string of the molecule is C/C=C\NC(/C=C/C)=NC. The zero-order chi connectivity index (χ0) is 7.82. The third kappa shape index (κ3) is 3.89. The van der Waals surface area contributed by atoms with E-state index in [1.807, 2.05) is 38.3 Å². The first-order valence-corrected chi connectivity index (χ1v) is 3.32. The van der Waals surface area contributed by atoms with Gasteiger partial charge in [0.05, 0.1) is 0 Å². The zero-order valence-electron chi connectivity index (χ0n) is 6.76. The summed E-state index contributed by atoms with van der Waals surface area (Å²) in [5.41, 5.74) is 0. The second kappa shape index (κ2) is 6.08. The Morgan fingerprint density at radius 1 is 1.30 bits per heavy atom. The van der Waals surface area contributed by atoms with Crippen LogP contribution in [-0.4, -0.2) is 12.9 Å².